The first-order chi connectivity index (χ1) is 15.1. The summed E-state index contributed by atoms with van der Waals surface area (Å²) in [6, 6.07) is 0. The molecule has 0 aromatic rings. The van der Waals surface area contributed by atoms with Gasteiger partial charge >= 0.3 is 106 Å². The second kappa shape index (κ2) is 25.2. The molecule has 0 bridgehead atoms. The molecule has 188 valence electrons. The third-order valence-electron chi connectivity index (χ3n) is 7.03. The molecule has 0 fully saturated rings. The van der Waals surface area contributed by atoms with E-state index in [2.05, 4.69) is 24.2 Å². The standard InChI is InChI=1S/C30H64Ge/c1-5-6-7-8-9-10-11-12-13-14-15-16-17-18-19-20-21-22-23-24-25-26-27-28-29-30-31(2,3)4/h5-30H2,1-4H3. The summed E-state index contributed by atoms with van der Waals surface area (Å²) in [5.41, 5.74) is 0. The first kappa shape index (κ1) is 31.5. The Morgan fingerprint density at radius 2 is 0.484 bits per heavy atom. The van der Waals surface area contributed by atoms with Gasteiger partial charge in [-0.1, -0.05) is 96.8 Å². The van der Waals surface area contributed by atoms with Crippen LogP contribution in [-0.2, 0) is 0 Å². The molecule has 0 saturated heterocycles. The average molecular weight is 497 g/mol. The zero-order chi connectivity index (χ0) is 22.9. The molecule has 0 unspecified atom stereocenters. The van der Waals surface area contributed by atoms with Gasteiger partial charge < -0.3 is 0 Å². The number of rotatable bonds is 26. The second-order valence-electron chi connectivity index (χ2n) is 11.8. The molecule has 31 heavy (non-hydrogen) atoms. The van der Waals surface area contributed by atoms with E-state index in [1.54, 1.807) is 5.25 Å². The molecular weight excluding hydrogens is 433 g/mol. The van der Waals surface area contributed by atoms with Crippen molar-refractivity contribution in [2.75, 3.05) is 0 Å². The van der Waals surface area contributed by atoms with Crippen LogP contribution in [0.2, 0.25) is 22.5 Å². The van der Waals surface area contributed by atoms with Crippen molar-refractivity contribution in [1.82, 2.24) is 0 Å². The third kappa shape index (κ3) is 30.5. The Bertz CT molecular complexity index is 317. The Morgan fingerprint density at radius 1 is 0.290 bits per heavy atom. The van der Waals surface area contributed by atoms with E-state index in [1.807, 2.05) is 0 Å². The summed E-state index contributed by atoms with van der Waals surface area (Å²) in [7, 11) is 0. The van der Waals surface area contributed by atoms with Crippen molar-refractivity contribution in [2.45, 2.75) is 190 Å². The number of unbranched alkanes of at least 4 members (excludes halogenated alkanes) is 24. The summed E-state index contributed by atoms with van der Waals surface area (Å²) in [6.07, 6.45) is 37.2. The maximum absolute atomic E-state index is 2.55. The molecule has 0 saturated carbocycles. The van der Waals surface area contributed by atoms with Crippen LogP contribution in [0.3, 0.4) is 0 Å². The zero-order valence-electron chi connectivity index (χ0n) is 22.9. The zero-order valence-corrected chi connectivity index (χ0v) is 25.0. The van der Waals surface area contributed by atoms with Gasteiger partial charge in [0.1, 0.15) is 0 Å². The van der Waals surface area contributed by atoms with Gasteiger partial charge in [-0.2, -0.15) is 0 Å². The molecule has 0 aliphatic carbocycles. The first-order valence-corrected chi connectivity index (χ1v) is 22.8. The molecule has 0 aromatic heterocycles. The molecule has 0 aliphatic rings. The molecule has 0 aromatic carbocycles. The van der Waals surface area contributed by atoms with Crippen molar-refractivity contribution in [3.63, 3.8) is 0 Å². The quantitative estimate of drug-likeness (QED) is 0.0823. The van der Waals surface area contributed by atoms with Crippen LogP contribution in [0.4, 0.5) is 0 Å². The van der Waals surface area contributed by atoms with Gasteiger partial charge in [0, 0.05) is 0 Å². The van der Waals surface area contributed by atoms with Crippen molar-refractivity contribution in [3.8, 4) is 0 Å². The van der Waals surface area contributed by atoms with Crippen LogP contribution in [0.1, 0.15) is 167 Å². The summed E-state index contributed by atoms with van der Waals surface area (Å²) < 4.78 is 0. The van der Waals surface area contributed by atoms with Crippen LogP contribution < -0.4 is 0 Å². The SMILES string of the molecule is CCCCCCCCCCCCCCCCCCCCCCCCCC[CH2][Ge]([CH3])([CH3])[CH3]. The molecule has 0 rings (SSSR count). The van der Waals surface area contributed by atoms with Gasteiger partial charge in [0.15, 0.2) is 0 Å². The van der Waals surface area contributed by atoms with Crippen LogP contribution in [0.5, 0.6) is 0 Å². The molecule has 0 heterocycles. The molecule has 0 atom stereocenters. The van der Waals surface area contributed by atoms with Crippen LogP contribution in [0.25, 0.3) is 0 Å². The van der Waals surface area contributed by atoms with E-state index in [1.165, 1.54) is 161 Å². The van der Waals surface area contributed by atoms with E-state index in [4.69, 9.17) is 0 Å². The van der Waals surface area contributed by atoms with Crippen molar-refractivity contribution < 1.29 is 0 Å². The molecule has 1 heteroatoms. The van der Waals surface area contributed by atoms with Crippen molar-refractivity contribution in [3.05, 3.63) is 0 Å². The molecule has 0 spiro atoms. The topological polar surface area (TPSA) is 0 Å². The maximum atomic E-state index is 2.55. The number of hydrogen-bond donors (Lipinski definition) is 0. The van der Waals surface area contributed by atoms with Gasteiger partial charge in [0.25, 0.3) is 0 Å². The van der Waals surface area contributed by atoms with E-state index < -0.39 is 13.3 Å². The summed E-state index contributed by atoms with van der Waals surface area (Å²) in [6.45, 7) is 2.31. The van der Waals surface area contributed by atoms with E-state index >= 15 is 0 Å². The molecule has 0 radical (unpaired) electrons. The monoisotopic (exact) mass is 498 g/mol. The molecule has 0 N–H and O–H groups in total. The summed E-state index contributed by atoms with van der Waals surface area (Å²) in [4.78, 5) is 0. The van der Waals surface area contributed by atoms with E-state index in [9.17, 15) is 0 Å². The Balaban J connectivity index is 3.02. The third-order valence-corrected chi connectivity index (χ3v) is 10.9. The number of hydrogen-bond acceptors (Lipinski definition) is 0. The van der Waals surface area contributed by atoms with Gasteiger partial charge in [0.2, 0.25) is 0 Å². The minimum atomic E-state index is -1.24. The Labute approximate surface area is 202 Å². The summed E-state index contributed by atoms with van der Waals surface area (Å²) in [5.74, 6) is 7.66. The normalized spacial score (nSPS) is 12.0. The Morgan fingerprint density at radius 3 is 0.677 bits per heavy atom. The van der Waals surface area contributed by atoms with E-state index in [0.29, 0.717) is 0 Å². The van der Waals surface area contributed by atoms with Crippen LogP contribution >= 0.6 is 0 Å². The molecule has 0 nitrogen and oxygen atoms in total. The van der Waals surface area contributed by atoms with E-state index in [-0.39, 0.29) is 0 Å². The Hall–Kier alpha value is 0.543. The van der Waals surface area contributed by atoms with Crippen LogP contribution in [0.15, 0.2) is 0 Å². The fourth-order valence-corrected chi connectivity index (χ4v) is 7.54. The molecule has 0 aliphatic heterocycles. The van der Waals surface area contributed by atoms with Crippen LogP contribution in [0, 0.1) is 0 Å². The molecular formula is C30H64Ge. The average Bonchev–Trinajstić information content (AvgIpc) is 2.73. The van der Waals surface area contributed by atoms with Crippen molar-refractivity contribution >= 4 is 13.3 Å². The fraction of sp³-hybridized carbons (Fsp3) is 1.00. The van der Waals surface area contributed by atoms with Crippen molar-refractivity contribution in [1.29, 1.82) is 0 Å². The predicted octanol–water partition coefficient (Wildman–Crippen LogP) is 12.1. The second-order valence-corrected chi connectivity index (χ2v) is 23.6. The summed E-state index contributed by atoms with van der Waals surface area (Å²) in [5, 5.41) is 1.58. The predicted molar refractivity (Wildman–Crippen MR) is 149 cm³/mol. The Kier molecular flexibility index (Phi) is 25.6. The van der Waals surface area contributed by atoms with Gasteiger partial charge in [-0.15, -0.1) is 0 Å². The summed E-state index contributed by atoms with van der Waals surface area (Å²) >= 11 is -1.24. The minimum absolute atomic E-state index is 1.24. The van der Waals surface area contributed by atoms with Gasteiger partial charge in [0.05, 0.1) is 0 Å². The van der Waals surface area contributed by atoms with Gasteiger partial charge in [-0.25, -0.2) is 0 Å². The van der Waals surface area contributed by atoms with E-state index in [0.717, 1.165) is 0 Å². The first-order valence-electron chi connectivity index (χ1n) is 15.1. The van der Waals surface area contributed by atoms with Crippen molar-refractivity contribution in [2.24, 2.45) is 0 Å². The fourth-order valence-electron chi connectivity index (χ4n) is 4.79. The van der Waals surface area contributed by atoms with Crippen LogP contribution in [-0.4, -0.2) is 13.3 Å². The molecule has 0 amide bonds. The van der Waals surface area contributed by atoms with Gasteiger partial charge in [-0.3, -0.25) is 0 Å². The van der Waals surface area contributed by atoms with Gasteiger partial charge in [-0.05, 0) is 0 Å².